The van der Waals surface area contributed by atoms with Gasteiger partial charge >= 0.3 is 0 Å². The first-order valence-corrected chi connectivity index (χ1v) is 7.06. The number of aryl methyl sites for hydroxylation is 1. The number of hydrogen-bond donors (Lipinski definition) is 1. The summed E-state index contributed by atoms with van der Waals surface area (Å²) in [6, 6.07) is 8.19. The Morgan fingerprint density at radius 2 is 2.10 bits per heavy atom. The average molecular weight is 274 g/mol. The third-order valence-electron chi connectivity index (χ3n) is 3.50. The summed E-state index contributed by atoms with van der Waals surface area (Å²) in [6.45, 7) is 6.57. The molecule has 0 fully saturated rings. The zero-order valence-electron chi connectivity index (χ0n) is 12.4. The molecule has 0 unspecified atom stereocenters. The van der Waals surface area contributed by atoms with Crippen molar-refractivity contribution < 1.29 is 4.79 Å². The summed E-state index contributed by atoms with van der Waals surface area (Å²) in [7, 11) is 1.81. The molecule has 1 aromatic heterocycles. The fourth-order valence-corrected chi connectivity index (χ4v) is 2.17. The van der Waals surface area contributed by atoms with Crippen LogP contribution in [0.5, 0.6) is 0 Å². The van der Waals surface area contributed by atoms with E-state index in [1.54, 1.807) is 4.90 Å². The molecule has 0 spiro atoms. The second kappa shape index (κ2) is 6.52. The van der Waals surface area contributed by atoms with Gasteiger partial charge in [0.1, 0.15) is 0 Å². The van der Waals surface area contributed by atoms with E-state index in [1.165, 1.54) is 0 Å². The minimum Gasteiger partial charge on any atom is -0.345 e. The van der Waals surface area contributed by atoms with Crippen molar-refractivity contribution in [1.29, 1.82) is 0 Å². The lowest BCUT2D eigenvalue weighted by molar-refractivity contribution is -0.128. The first kappa shape index (κ1) is 14.5. The fraction of sp³-hybridized carbons (Fsp3) is 0.467. The normalized spacial score (nSPS) is 10.9. The van der Waals surface area contributed by atoms with Gasteiger partial charge in [-0.3, -0.25) is 9.48 Å². The second-order valence-corrected chi connectivity index (χ2v) is 4.79. The van der Waals surface area contributed by atoms with Crippen LogP contribution in [0.25, 0.3) is 10.9 Å². The standard InChI is InChI=1S/C15H22N4O/c1-4-18(3)15(20)11-16-10-13-12-8-6-7-9-14(12)19(5-2)17-13/h6-9,16H,4-5,10-11H2,1-3H3. The van der Waals surface area contributed by atoms with E-state index in [1.807, 2.05) is 30.8 Å². The lowest BCUT2D eigenvalue weighted by atomic mass is 10.2. The summed E-state index contributed by atoms with van der Waals surface area (Å²) in [4.78, 5) is 13.4. The van der Waals surface area contributed by atoms with Crippen LogP contribution in [0, 0.1) is 0 Å². The number of fused-ring (bicyclic) bond motifs is 1. The van der Waals surface area contributed by atoms with Gasteiger partial charge in [-0.15, -0.1) is 0 Å². The largest absolute Gasteiger partial charge is 0.345 e. The minimum absolute atomic E-state index is 0.103. The van der Waals surface area contributed by atoms with E-state index in [9.17, 15) is 4.79 Å². The topological polar surface area (TPSA) is 50.2 Å². The SMILES string of the molecule is CCN(C)C(=O)CNCc1nn(CC)c2ccccc12. The monoisotopic (exact) mass is 274 g/mol. The highest BCUT2D eigenvalue weighted by Crippen LogP contribution is 2.18. The van der Waals surface area contributed by atoms with Crippen molar-refractivity contribution in [3.8, 4) is 0 Å². The Bertz CT molecular complexity index is 591. The number of nitrogens with one attached hydrogen (secondary N) is 1. The number of amides is 1. The van der Waals surface area contributed by atoms with Crippen LogP contribution in [-0.4, -0.2) is 40.7 Å². The van der Waals surface area contributed by atoms with Gasteiger partial charge in [-0.1, -0.05) is 18.2 Å². The zero-order valence-corrected chi connectivity index (χ0v) is 12.4. The van der Waals surface area contributed by atoms with Crippen molar-refractivity contribution in [2.24, 2.45) is 0 Å². The number of carbonyl (C=O) groups excluding carboxylic acids is 1. The molecule has 20 heavy (non-hydrogen) atoms. The molecule has 5 nitrogen and oxygen atoms in total. The molecule has 1 amide bonds. The molecule has 0 aliphatic carbocycles. The van der Waals surface area contributed by atoms with Crippen LogP contribution in [0.1, 0.15) is 19.5 Å². The van der Waals surface area contributed by atoms with Crippen molar-refractivity contribution in [2.75, 3.05) is 20.1 Å². The van der Waals surface area contributed by atoms with E-state index in [2.05, 4.69) is 29.5 Å². The number of rotatable bonds is 6. The average Bonchev–Trinajstić information content (AvgIpc) is 2.84. The van der Waals surface area contributed by atoms with Crippen LogP contribution in [0.15, 0.2) is 24.3 Å². The maximum atomic E-state index is 11.7. The molecule has 108 valence electrons. The van der Waals surface area contributed by atoms with Crippen molar-refractivity contribution in [3.05, 3.63) is 30.0 Å². The molecule has 1 N–H and O–H groups in total. The van der Waals surface area contributed by atoms with Gasteiger partial charge in [-0.2, -0.15) is 5.10 Å². The molecule has 2 rings (SSSR count). The van der Waals surface area contributed by atoms with Gasteiger partial charge in [0.15, 0.2) is 0 Å². The predicted molar refractivity (Wildman–Crippen MR) is 80.4 cm³/mol. The highest BCUT2D eigenvalue weighted by molar-refractivity contribution is 5.82. The van der Waals surface area contributed by atoms with Crippen LogP contribution in [0.4, 0.5) is 0 Å². The number of likely N-dealkylation sites (N-methyl/N-ethyl adjacent to an activating group) is 1. The molecule has 1 heterocycles. The summed E-state index contributed by atoms with van der Waals surface area (Å²) in [5.74, 6) is 0.103. The highest BCUT2D eigenvalue weighted by atomic mass is 16.2. The third-order valence-corrected chi connectivity index (χ3v) is 3.50. The zero-order chi connectivity index (χ0) is 14.5. The Morgan fingerprint density at radius 1 is 1.35 bits per heavy atom. The van der Waals surface area contributed by atoms with Crippen LogP contribution in [0.3, 0.4) is 0 Å². The van der Waals surface area contributed by atoms with Crippen molar-refractivity contribution in [2.45, 2.75) is 26.9 Å². The number of para-hydroxylation sites is 1. The smallest absolute Gasteiger partial charge is 0.236 e. The molecule has 0 aliphatic rings. The Morgan fingerprint density at radius 3 is 2.80 bits per heavy atom. The van der Waals surface area contributed by atoms with Gasteiger partial charge in [0, 0.05) is 32.1 Å². The summed E-state index contributed by atoms with van der Waals surface area (Å²) in [6.07, 6.45) is 0. The molecule has 0 radical (unpaired) electrons. The molecule has 0 bridgehead atoms. The maximum Gasteiger partial charge on any atom is 0.236 e. The summed E-state index contributed by atoms with van der Waals surface area (Å²) < 4.78 is 1.99. The van der Waals surface area contributed by atoms with E-state index in [-0.39, 0.29) is 5.91 Å². The van der Waals surface area contributed by atoms with Gasteiger partial charge in [0.2, 0.25) is 5.91 Å². The van der Waals surface area contributed by atoms with Crippen molar-refractivity contribution in [1.82, 2.24) is 20.0 Å². The Labute approximate surface area is 119 Å². The molecule has 5 heteroatoms. The maximum absolute atomic E-state index is 11.7. The molecular weight excluding hydrogens is 252 g/mol. The van der Waals surface area contributed by atoms with Crippen LogP contribution in [-0.2, 0) is 17.9 Å². The van der Waals surface area contributed by atoms with E-state index >= 15 is 0 Å². The molecule has 0 aliphatic heterocycles. The first-order valence-electron chi connectivity index (χ1n) is 7.06. The Kier molecular flexibility index (Phi) is 4.74. The van der Waals surface area contributed by atoms with E-state index in [0.717, 1.165) is 29.7 Å². The van der Waals surface area contributed by atoms with Gasteiger partial charge in [0.05, 0.1) is 17.8 Å². The van der Waals surface area contributed by atoms with E-state index in [0.29, 0.717) is 13.1 Å². The Balaban J connectivity index is 2.05. The summed E-state index contributed by atoms with van der Waals surface area (Å²) in [5, 5.41) is 8.93. The number of aromatic nitrogens is 2. The highest BCUT2D eigenvalue weighted by Gasteiger charge is 2.10. The van der Waals surface area contributed by atoms with E-state index in [4.69, 9.17) is 0 Å². The van der Waals surface area contributed by atoms with Gasteiger partial charge in [0.25, 0.3) is 0 Å². The van der Waals surface area contributed by atoms with Crippen LogP contribution >= 0.6 is 0 Å². The Hall–Kier alpha value is -1.88. The van der Waals surface area contributed by atoms with Crippen LogP contribution in [0.2, 0.25) is 0 Å². The predicted octanol–water partition coefficient (Wildman–Crippen LogP) is 1.62. The van der Waals surface area contributed by atoms with Crippen molar-refractivity contribution in [3.63, 3.8) is 0 Å². The number of carbonyl (C=O) groups is 1. The number of hydrogen-bond acceptors (Lipinski definition) is 3. The fourth-order valence-electron chi connectivity index (χ4n) is 2.17. The lowest BCUT2D eigenvalue weighted by Crippen LogP contribution is -2.35. The van der Waals surface area contributed by atoms with Crippen molar-refractivity contribution >= 4 is 16.8 Å². The summed E-state index contributed by atoms with van der Waals surface area (Å²) >= 11 is 0. The quantitative estimate of drug-likeness (QED) is 0.871. The molecule has 0 saturated heterocycles. The molecule has 1 aromatic carbocycles. The third kappa shape index (κ3) is 2.99. The molecular formula is C15H22N4O. The molecule has 0 saturated carbocycles. The van der Waals surface area contributed by atoms with Gasteiger partial charge in [-0.25, -0.2) is 0 Å². The van der Waals surface area contributed by atoms with Gasteiger partial charge in [-0.05, 0) is 19.9 Å². The number of nitrogens with zero attached hydrogens (tertiary/aromatic N) is 3. The lowest BCUT2D eigenvalue weighted by Gasteiger charge is -2.14. The van der Waals surface area contributed by atoms with Gasteiger partial charge < -0.3 is 10.2 Å². The second-order valence-electron chi connectivity index (χ2n) is 4.79. The summed E-state index contributed by atoms with van der Waals surface area (Å²) in [5.41, 5.74) is 2.14. The minimum atomic E-state index is 0.103. The van der Waals surface area contributed by atoms with Crippen LogP contribution < -0.4 is 5.32 Å². The molecule has 2 aromatic rings. The van der Waals surface area contributed by atoms with E-state index < -0.39 is 0 Å². The number of benzene rings is 1. The molecule has 0 atom stereocenters. The first-order chi connectivity index (χ1) is 9.67.